The molecule has 4 aliphatic rings. The van der Waals surface area contributed by atoms with Gasteiger partial charge in [0, 0.05) is 23.2 Å². The van der Waals surface area contributed by atoms with E-state index in [1.807, 2.05) is 107 Å². The first-order valence-electron chi connectivity index (χ1n) is 30.1. The molecular formula is C66H93N3O13Si. The molecule has 0 amide bonds. The zero-order valence-electron chi connectivity index (χ0n) is 51.4. The summed E-state index contributed by atoms with van der Waals surface area (Å²) >= 11 is 0. The van der Waals surface area contributed by atoms with Gasteiger partial charge in [0.1, 0.15) is 24.4 Å². The maximum absolute atomic E-state index is 12.7. The molecule has 0 aliphatic carbocycles. The van der Waals surface area contributed by atoms with Crippen molar-refractivity contribution >= 4 is 24.7 Å². The number of esters is 1. The van der Waals surface area contributed by atoms with Gasteiger partial charge in [-0.3, -0.25) is 0 Å². The second-order valence-electron chi connectivity index (χ2n) is 25.5. The second-order valence-corrected chi connectivity index (χ2v) is 29.8. The molecule has 4 aliphatic heterocycles. The average Bonchev–Trinajstić information content (AvgIpc) is 3.55. The van der Waals surface area contributed by atoms with Crippen molar-refractivity contribution in [1.29, 1.82) is 0 Å². The van der Waals surface area contributed by atoms with E-state index in [-0.39, 0.29) is 53.4 Å². The number of hydrogen-bond acceptors (Lipinski definition) is 14. The molecule has 4 aromatic rings. The minimum atomic E-state index is -2.95. The van der Waals surface area contributed by atoms with Crippen molar-refractivity contribution in [1.82, 2.24) is 0 Å². The van der Waals surface area contributed by atoms with Gasteiger partial charge >= 0.3 is 5.97 Å². The van der Waals surface area contributed by atoms with Crippen LogP contribution >= 0.6 is 0 Å². The maximum Gasteiger partial charge on any atom is 0.332 e. The highest BCUT2D eigenvalue weighted by atomic mass is 28.4. The third-order valence-corrected chi connectivity index (χ3v) is 22.4. The fourth-order valence-electron chi connectivity index (χ4n) is 12.5. The van der Waals surface area contributed by atoms with Crippen LogP contribution < -0.4 is 10.4 Å². The highest BCUT2D eigenvalue weighted by Crippen LogP contribution is 2.44. The minimum Gasteiger partial charge on any atom is -0.458 e. The van der Waals surface area contributed by atoms with Crippen molar-refractivity contribution in [3.63, 3.8) is 0 Å². The Morgan fingerprint density at radius 2 is 1.10 bits per heavy atom. The van der Waals surface area contributed by atoms with Gasteiger partial charge in [0.25, 0.3) is 8.32 Å². The summed E-state index contributed by atoms with van der Waals surface area (Å²) in [5.74, 6) is -1.20. The first-order valence-corrected chi connectivity index (χ1v) is 32.0. The van der Waals surface area contributed by atoms with E-state index >= 15 is 0 Å². The third kappa shape index (κ3) is 15.7. The normalized spacial score (nSPS) is 33.4. The fourth-order valence-corrected chi connectivity index (χ4v) is 17.0. The Kier molecular flexibility index (Phi) is 22.3. The number of benzene rings is 4. The van der Waals surface area contributed by atoms with Gasteiger partial charge in [-0.05, 0) is 90.9 Å². The molecule has 0 spiro atoms. The number of ether oxygens (including phenoxy) is 11. The highest BCUT2D eigenvalue weighted by Gasteiger charge is 2.55. The van der Waals surface area contributed by atoms with Crippen molar-refractivity contribution in [3.8, 4) is 0 Å². The van der Waals surface area contributed by atoms with Gasteiger partial charge in [0.15, 0.2) is 25.2 Å². The smallest absolute Gasteiger partial charge is 0.332 e. The van der Waals surface area contributed by atoms with Crippen LogP contribution in [0.25, 0.3) is 10.4 Å². The van der Waals surface area contributed by atoms with Gasteiger partial charge in [-0.15, -0.1) is 0 Å². The first-order chi connectivity index (χ1) is 39.6. The van der Waals surface area contributed by atoms with Crippen LogP contribution in [0.2, 0.25) is 5.04 Å². The van der Waals surface area contributed by atoms with E-state index in [0.29, 0.717) is 32.7 Å². The van der Waals surface area contributed by atoms with Gasteiger partial charge in [-0.1, -0.05) is 189 Å². The molecule has 4 heterocycles. The molecule has 16 nitrogen and oxygen atoms in total. The Morgan fingerprint density at radius 1 is 0.578 bits per heavy atom. The van der Waals surface area contributed by atoms with Gasteiger partial charge in [0.05, 0.1) is 68.6 Å². The predicted molar refractivity (Wildman–Crippen MR) is 320 cm³/mol. The van der Waals surface area contributed by atoms with E-state index < -0.39 is 93.8 Å². The van der Waals surface area contributed by atoms with E-state index in [1.165, 1.54) is 10.4 Å². The zero-order valence-corrected chi connectivity index (χ0v) is 52.4. The molecule has 0 saturated carbocycles. The lowest BCUT2D eigenvalue weighted by Gasteiger charge is -2.51. The molecule has 4 aromatic carbocycles. The summed E-state index contributed by atoms with van der Waals surface area (Å²) in [6.45, 7) is 29.6. The number of rotatable bonds is 22. The Bertz CT molecular complexity index is 2620. The standard InChI is InChI=1S/C66H93N3O13Si/c1-15-52-58(43(4)44(5)62(77-52)80-60-46(7)75-56(72-40-55(70)82-65(9,10)11)36-53(60)71-37-48-28-20-16-21-29-48)79-63-45(6)59(73-38-49-30-22-17-23-31-49)61(47(8)76-63)81-64-57(68-69-67)42(3)41(2)54(78-64)39-74-83(66(12,13)14,50-32-24-18-25-33-50)51-34-26-19-27-35-51/h16-35,41-47,52-54,56-64H,15,36-40H2,1-14H3/t41-,42-,43+,44?,45?,46?,47?,52?,53-,54?,56+,57?,58-,59-,60+,61+,62+,63-,64-/m0/s1. The lowest BCUT2D eigenvalue weighted by atomic mass is 9.82. The molecule has 454 valence electrons. The summed E-state index contributed by atoms with van der Waals surface area (Å²) in [6, 6.07) is 40.6. The summed E-state index contributed by atoms with van der Waals surface area (Å²) in [7, 11) is -2.95. The maximum atomic E-state index is 12.7. The number of carbonyl (C=O) groups is 1. The molecule has 0 radical (unpaired) electrons. The summed E-state index contributed by atoms with van der Waals surface area (Å²) in [4.78, 5) is 16.0. The summed E-state index contributed by atoms with van der Waals surface area (Å²) in [5.41, 5.74) is 11.4. The van der Waals surface area contributed by atoms with E-state index in [1.54, 1.807) is 0 Å². The van der Waals surface area contributed by atoms with Crippen LogP contribution in [0.3, 0.4) is 0 Å². The Labute approximate surface area is 494 Å². The SMILES string of the molecule is CCC1O[C@H](O[C@@H]2C(C)O[C@@H](OCC(=O)OC(C)(C)C)C[C@@H]2OCc2ccccc2)C(C)[C@@H](C)[C@@H]1O[C@@H]1OC(C)[C@@H](O[C@@H]2OC(CO[Si](c3ccccc3)(c3ccccc3)C(C)(C)C)[C@@H](C)[C@H](C)C2N=[N+]=[N-])[C@@H](OCc2ccccc2)C1C. The Hall–Kier alpha value is -4.56. The van der Waals surface area contributed by atoms with Crippen molar-refractivity contribution < 1.29 is 61.3 Å². The summed E-state index contributed by atoms with van der Waals surface area (Å²) in [5, 5.41) is 6.47. The van der Waals surface area contributed by atoms with E-state index in [2.05, 4.69) is 121 Å². The molecule has 0 N–H and O–H groups in total. The van der Waals surface area contributed by atoms with Crippen molar-refractivity contribution in [2.24, 2.45) is 34.7 Å². The van der Waals surface area contributed by atoms with Crippen LogP contribution in [0.1, 0.15) is 121 Å². The number of azide groups is 1. The molecule has 7 unspecified atom stereocenters. The predicted octanol–water partition coefficient (Wildman–Crippen LogP) is 11.8. The number of hydrogen-bond donors (Lipinski definition) is 0. The van der Waals surface area contributed by atoms with E-state index in [4.69, 9.17) is 56.5 Å². The van der Waals surface area contributed by atoms with Crippen molar-refractivity contribution in [2.45, 2.75) is 220 Å². The third-order valence-electron chi connectivity index (χ3n) is 17.4. The van der Waals surface area contributed by atoms with Gasteiger partial charge in [-0.2, -0.15) is 0 Å². The Morgan fingerprint density at radius 3 is 1.65 bits per heavy atom. The van der Waals surface area contributed by atoms with Gasteiger partial charge < -0.3 is 56.5 Å². The largest absolute Gasteiger partial charge is 0.458 e. The minimum absolute atomic E-state index is 0.0531. The van der Waals surface area contributed by atoms with E-state index in [9.17, 15) is 10.3 Å². The Balaban J connectivity index is 0.995. The molecule has 0 aromatic heterocycles. The molecular weight excluding hydrogens is 1070 g/mol. The lowest BCUT2D eigenvalue weighted by Crippen LogP contribution is -2.67. The van der Waals surface area contributed by atoms with Crippen LogP contribution in [0, 0.1) is 29.6 Å². The first kappa shape index (κ1) is 64.4. The van der Waals surface area contributed by atoms with Gasteiger partial charge in [0.2, 0.25) is 0 Å². The number of carbonyl (C=O) groups excluding carboxylic acids is 1. The molecule has 0 bridgehead atoms. The summed E-state index contributed by atoms with van der Waals surface area (Å²) < 4.78 is 81.3. The molecule has 19 atom stereocenters. The molecule has 8 rings (SSSR count). The highest BCUT2D eigenvalue weighted by molar-refractivity contribution is 6.99. The topological polar surface area (TPSA) is 177 Å². The second kappa shape index (κ2) is 28.8. The number of nitrogens with zero attached hydrogens (tertiary/aromatic N) is 3. The molecule has 17 heteroatoms. The van der Waals surface area contributed by atoms with Gasteiger partial charge in [-0.25, -0.2) is 4.79 Å². The zero-order chi connectivity index (χ0) is 59.6. The summed E-state index contributed by atoms with van der Waals surface area (Å²) in [6.07, 6.45) is -6.42. The lowest BCUT2D eigenvalue weighted by molar-refractivity contribution is -0.362. The van der Waals surface area contributed by atoms with Crippen LogP contribution in [0.4, 0.5) is 0 Å². The van der Waals surface area contributed by atoms with Crippen LogP contribution in [0.5, 0.6) is 0 Å². The van der Waals surface area contributed by atoms with Crippen molar-refractivity contribution in [2.75, 3.05) is 13.2 Å². The molecule has 4 fully saturated rings. The molecule has 4 saturated heterocycles. The van der Waals surface area contributed by atoms with Crippen LogP contribution in [-0.2, 0) is 74.5 Å². The van der Waals surface area contributed by atoms with E-state index in [0.717, 1.165) is 11.1 Å². The fraction of sp³-hybridized carbons (Fsp3) is 0.621. The van der Waals surface area contributed by atoms with Crippen molar-refractivity contribution in [3.05, 3.63) is 143 Å². The van der Waals surface area contributed by atoms with Crippen LogP contribution in [0.15, 0.2) is 126 Å². The average molecular weight is 1160 g/mol. The molecule has 83 heavy (non-hydrogen) atoms. The quantitative estimate of drug-likeness (QED) is 0.0239. The van der Waals surface area contributed by atoms with Crippen LogP contribution in [-0.4, -0.2) is 119 Å². The monoisotopic (exact) mass is 1160 g/mol.